The SMILES string of the molecule is COC(=O)[C@@H]1CCC(=O)N(Cc2ccc(OC)cc2)C/C=C/COc2cc(C)ccc2C(=O)C[C@H](Cc2ccccc2)C(=O)N1. The molecule has 0 spiro atoms. The molecule has 0 aliphatic carbocycles. The number of fused-ring (bicyclic) bond motifs is 1. The Morgan fingerprint density at radius 2 is 1.71 bits per heavy atom. The first kappa shape index (κ1) is 33.0. The Balaban J connectivity index is 1.65. The van der Waals surface area contributed by atoms with E-state index < -0.39 is 23.8 Å². The Bertz CT molecular complexity index is 1500. The number of ether oxygens (including phenoxy) is 3. The van der Waals surface area contributed by atoms with Crippen molar-refractivity contribution >= 4 is 23.6 Å². The van der Waals surface area contributed by atoms with Crippen LogP contribution in [0.4, 0.5) is 0 Å². The van der Waals surface area contributed by atoms with Gasteiger partial charge in [-0.3, -0.25) is 14.4 Å². The number of hydrogen-bond acceptors (Lipinski definition) is 7. The Morgan fingerprint density at radius 1 is 0.956 bits per heavy atom. The highest BCUT2D eigenvalue weighted by Gasteiger charge is 2.30. The summed E-state index contributed by atoms with van der Waals surface area (Å²) in [5.74, 6) is -1.21. The molecule has 1 aliphatic heterocycles. The lowest BCUT2D eigenvalue weighted by molar-refractivity contribution is -0.146. The molecule has 236 valence electrons. The molecule has 2 atom stereocenters. The fraction of sp³-hybridized carbons (Fsp3) is 0.333. The summed E-state index contributed by atoms with van der Waals surface area (Å²) in [5.41, 5.74) is 3.09. The summed E-state index contributed by atoms with van der Waals surface area (Å²) in [6.45, 7) is 2.72. The van der Waals surface area contributed by atoms with Crippen molar-refractivity contribution in [1.29, 1.82) is 0 Å². The van der Waals surface area contributed by atoms with Crippen molar-refractivity contribution in [3.05, 3.63) is 107 Å². The highest BCUT2D eigenvalue weighted by molar-refractivity contribution is 6.01. The molecule has 0 bridgehead atoms. The van der Waals surface area contributed by atoms with Gasteiger partial charge in [-0.15, -0.1) is 0 Å². The summed E-state index contributed by atoms with van der Waals surface area (Å²) < 4.78 is 16.3. The second-order valence-electron chi connectivity index (χ2n) is 11.0. The summed E-state index contributed by atoms with van der Waals surface area (Å²) in [6, 6.07) is 21.1. The van der Waals surface area contributed by atoms with E-state index in [0.717, 1.165) is 16.7 Å². The van der Waals surface area contributed by atoms with Crippen LogP contribution in [-0.2, 0) is 32.1 Å². The van der Waals surface area contributed by atoms with Crippen LogP contribution in [0, 0.1) is 12.8 Å². The molecular formula is C36H40N2O7. The zero-order valence-corrected chi connectivity index (χ0v) is 26.0. The highest BCUT2D eigenvalue weighted by Crippen LogP contribution is 2.25. The zero-order valence-electron chi connectivity index (χ0n) is 26.0. The predicted octanol–water partition coefficient (Wildman–Crippen LogP) is 4.85. The highest BCUT2D eigenvalue weighted by atomic mass is 16.5. The summed E-state index contributed by atoms with van der Waals surface area (Å²) in [4.78, 5) is 55.4. The van der Waals surface area contributed by atoms with Gasteiger partial charge in [0, 0.05) is 31.8 Å². The van der Waals surface area contributed by atoms with Gasteiger partial charge in [-0.1, -0.05) is 54.6 Å². The molecule has 9 nitrogen and oxygen atoms in total. The predicted molar refractivity (Wildman–Crippen MR) is 170 cm³/mol. The molecule has 0 aromatic heterocycles. The number of amides is 2. The van der Waals surface area contributed by atoms with Crippen molar-refractivity contribution in [2.45, 2.75) is 45.2 Å². The third-order valence-electron chi connectivity index (χ3n) is 7.73. The summed E-state index contributed by atoms with van der Waals surface area (Å²) >= 11 is 0. The molecule has 0 unspecified atom stereocenters. The lowest BCUT2D eigenvalue weighted by Crippen LogP contribution is -2.45. The Kier molecular flexibility index (Phi) is 11.9. The van der Waals surface area contributed by atoms with Gasteiger partial charge in [0.05, 0.1) is 19.8 Å². The average Bonchev–Trinajstić information content (AvgIpc) is 3.05. The van der Waals surface area contributed by atoms with Gasteiger partial charge >= 0.3 is 5.97 Å². The summed E-state index contributed by atoms with van der Waals surface area (Å²) in [6.07, 6.45) is 3.87. The molecule has 0 radical (unpaired) electrons. The maximum absolute atomic E-state index is 13.7. The Morgan fingerprint density at radius 3 is 2.42 bits per heavy atom. The smallest absolute Gasteiger partial charge is 0.328 e. The molecule has 1 N–H and O–H groups in total. The van der Waals surface area contributed by atoms with Crippen LogP contribution in [0.5, 0.6) is 11.5 Å². The first-order chi connectivity index (χ1) is 21.8. The maximum atomic E-state index is 13.7. The molecule has 0 saturated heterocycles. The van der Waals surface area contributed by atoms with E-state index in [2.05, 4.69) is 5.32 Å². The number of aryl methyl sites for hydroxylation is 1. The quantitative estimate of drug-likeness (QED) is 0.313. The van der Waals surface area contributed by atoms with Crippen molar-refractivity contribution in [2.75, 3.05) is 27.4 Å². The number of carbonyl (C=O) groups is 4. The normalized spacial score (nSPS) is 19.0. The van der Waals surface area contributed by atoms with Gasteiger partial charge in [-0.2, -0.15) is 0 Å². The first-order valence-corrected chi connectivity index (χ1v) is 15.0. The first-order valence-electron chi connectivity index (χ1n) is 15.0. The van der Waals surface area contributed by atoms with E-state index in [1.54, 1.807) is 24.1 Å². The second-order valence-corrected chi connectivity index (χ2v) is 11.0. The van der Waals surface area contributed by atoms with Gasteiger partial charge < -0.3 is 24.4 Å². The van der Waals surface area contributed by atoms with Crippen LogP contribution in [0.1, 0.15) is 46.3 Å². The van der Waals surface area contributed by atoms with E-state index in [0.29, 0.717) is 30.2 Å². The fourth-order valence-electron chi connectivity index (χ4n) is 5.19. The minimum Gasteiger partial charge on any atom is -0.497 e. The van der Waals surface area contributed by atoms with Gasteiger partial charge in [-0.05, 0) is 66.8 Å². The topological polar surface area (TPSA) is 111 Å². The monoisotopic (exact) mass is 612 g/mol. The molecule has 1 heterocycles. The van der Waals surface area contributed by atoms with Crippen LogP contribution in [0.2, 0.25) is 0 Å². The number of ketones is 1. The van der Waals surface area contributed by atoms with Gasteiger partial charge in [0.15, 0.2) is 5.78 Å². The largest absolute Gasteiger partial charge is 0.497 e. The molecule has 0 saturated carbocycles. The number of carbonyl (C=O) groups excluding carboxylic acids is 4. The van der Waals surface area contributed by atoms with Crippen LogP contribution in [0.15, 0.2) is 84.9 Å². The number of esters is 1. The molecule has 0 fully saturated rings. The van der Waals surface area contributed by atoms with Gasteiger partial charge in [0.25, 0.3) is 0 Å². The molecular weight excluding hydrogens is 572 g/mol. The van der Waals surface area contributed by atoms with E-state index >= 15 is 0 Å². The number of rotatable bonds is 6. The second kappa shape index (κ2) is 16.2. The molecule has 3 aromatic rings. The van der Waals surface area contributed by atoms with E-state index in [1.807, 2.05) is 79.7 Å². The summed E-state index contributed by atoms with van der Waals surface area (Å²) in [5, 5.41) is 2.79. The van der Waals surface area contributed by atoms with Crippen LogP contribution in [0.3, 0.4) is 0 Å². The van der Waals surface area contributed by atoms with Crippen LogP contribution in [0.25, 0.3) is 0 Å². The van der Waals surface area contributed by atoms with Crippen LogP contribution < -0.4 is 14.8 Å². The minimum atomic E-state index is -1.06. The standard InChI is InChI=1S/C36H40N2O7/c1-25-11-16-30-32(39)23-28(22-26-9-5-4-6-10-26)35(41)37-31(36(42)44-3)17-18-34(40)38(19-7-8-20-45-33(30)21-25)24-27-12-14-29(43-2)15-13-27/h4-16,21,28,31H,17-20,22-24H2,1-3H3,(H,37,41)/b8-7+/t28-,31-/m0/s1. The van der Waals surface area contributed by atoms with Crippen molar-refractivity contribution in [1.82, 2.24) is 10.2 Å². The van der Waals surface area contributed by atoms with E-state index in [-0.39, 0.29) is 44.0 Å². The van der Waals surface area contributed by atoms with Gasteiger partial charge in [0.1, 0.15) is 24.1 Å². The number of nitrogens with zero attached hydrogens (tertiary/aromatic N) is 1. The molecule has 9 heteroatoms. The van der Waals surface area contributed by atoms with Crippen molar-refractivity contribution in [3.63, 3.8) is 0 Å². The van der Waals surface area contributed by atoms with Crippen molar-refractivity contribution in [3.8, 4) is 11.5 Å². The van der Waals surface area contributed by atoms with E-state index in [9.17, 15) is 19.2 Å². The number of hydrogen-bond donors (Lipinski definition) is 1. The molecule has 45 heavy (non-hydrogen) atoms. The molecule has 2 amide bonds. The summed E-state index contributed by atoms with van der Waals surface area (Å²) in [7, 11) is 2.83. The average molecular weight is 613 g/mol. The Labute approximate surface area is 264 Å². The number of Topliss-reactive ketones (excluding diaryl/α,β-unsaturated/α-hetero) is 1. The molecule has 1 aliphatic rings. The number of benzene rings is 3. The van der Waals surface area contributed by atoms with Crippen LogP contribution in [-0.4, -0.2) is 61.9 Å². The lowest BCUT2D eigenvalue weighted by Gasteiger charge is -2.24. The number of nitrogens with one attached hydrogen (secondary N) is 1. The van der Waals surface area contributed by atoms with E-state index in [1.165, 1.54) is 7.11 Å². The van der Waals surface area contributed by atoms with Crippen LogP contribution >= 0.6 is 0 Å². The third-order valence-corrected chi connectivity index (χ3v) is 7.73. The van der Waals surface area contributed by atoms with Gasteiger partial charge in [-0.25, -0.2) is 4.79 Å². The van der Waals surface area contributed by atoms with Crippen molar-refractivity contribution in [2.24, 2.45) is 5.92 Å². The minimum absolute atomic E-state index is 0.00641. The van der Waals surface area contributed by atoms with E-state index in [4.69, 9.17) is 14.2 Å². The van der Waals surface area contributed by atoms with Gasteiger partial charge in [0.2, 0.25) is 11.8 Å². The number of methoxy groups -OCH3 is 2. The third kappa shape index (κ3) is 9.53. The Hall–Kier alpha value is -4.92. The maximum Gasteiger partial charge on any atom is 0.328 e. The fourth-order valence-corrected chi connectivity index (χ4v) is 5.19. The molecule has 3 aromatic carbocycles. The zero-order chi connectivity index (χ0) is 32.2. The molecule has 4 rings (SSSR count). The lowest BCUT2D eigenvalue weighted by atomic mass is 9.90. The van der Waals surface area contributed by atoms with Crippen molar-refractivity contribution < 1.29 is 33.4 Å².